The second-order valence-electron chi connectivity index (χ2n) is 4.99. The standard InChI is InChI=1S/C14H20N2O2/c1-9(2)14(4,13(15)18)16-12(17)11-8-6-5-7-10(11)3/h5-9H,1-4H3,(H2,15,18)(H,16,17)/t14-/m0/s1. The molecule has 0 saturated carbocycles. The van der Waals surface area contributed by atoms with E-state index < -0.39 is 11.4 Å². The van der Waals surface area contributed by atoms with Crippen LogP contribution in [-0.2, 0) is 4.79 Å². The first-order chi connectivity index (χ1) is 8.29. The fraction of sp³-hybridized carbons (Fsp3) is 0.429. The predicted molar refractivity (Wildman–Crippen MR) is 71.1 cm³/mol. The SMILES string of the molecule is Cc1ccccc1C(=O)N[C@](C)(C(N)=O)C(C)C. The lowest BCUT2D eigenvalue weighted by Gasteiger charge is -2.31. The first kappa shape index (κ1) is 14.2. The van der Waals surface area contributed by atoms with Crippen molar-refractivity contribution in [1.29, 1.82) is 0 Å². The Balaban J connectivity index is 3.00. The summed E-state index contributed by atoms with van der Waals surface area (Å²) < 4.78 is 0. The number of carbonyl (C=O) groups is 2. The minimum Gasteiger partial charge on any atom is -0.368 e. The first-order valence-electron chi connectivity index (χ1n) is 5.97. The van der Waals surface area contributed by atoms with Gasteiger partial charge in [0, 0.05) is 5.56 Å². The molecule has 0 saturated heterocycles. The maximum atomic E-state index is 12.2. The molecule has 1 aromatic carbocycles. The minimum absolute atomic E-state index is 0.0806. The largest absolute Gasteiger partial charge is 0.368 e. The fourth-order valence-corrected chi connectivity index (χ4v) is 1.62. The number of benzene rings is 1. The molecular formula is C14H20N2O2. The van der Waals surface area contributed by atoms with E-state index in [0.717, 1.165) is 5.56 Å². The molecule has 18 heavy (non-hydrogen) atoms. The Kier molecular flexibility index (Phi) is 4.11. The lowest BCUT2D eigenvalue weighted by molar-refractivity contribution is -0.125. The highest BCUT2D eigenvalue weighted by molar-refractivity contribution is 5.99. The molecule has 0 fully saturated rings. The Morgan fingerprint density at radius 2 is 1.83 bits per heavy atom. The number of amides is 2. The summed E-state index contributed by atoms with van der Waals surface area (Å²) in [6.07, 6.45) is 0. The van der Waals surface area contributed by atoms with Crippen molar-refractivity contribution in [2.45, 2.75) is 33.2 Å². The summed E-state index contributed by atoms with van der Waals surface area (Å²) in [7, 11) is 0. The van der Waals surface area contributed by atoms with E-state index in [1.807, 2.05) is 32.9 Å². The van der Waals surface area contributed by atoms with Crippen LogP contribution in [0.1, 0.15) is 36.7 Å². The van der Waals surface area contributed by atoms with Gasteiger partial charge in [-0.25, -0.2) is 0 Å². The topological polar surface area (TPSA) is 72.2 Å². The third kappa shape index (κ3) is 2.70. The maximum absolute atomic E-state index is 12.2. The molecule has 0 aliphatic carbocycles. The van der Waals surface area contributed by atoms with Gasteiger partial charge in [0.05, 0.1) is 0 Å². The summed E-state index contributed by atoms with van der Waals surface area (Å²) in [5.74, 6) is -0.884. The van der Waals surface area contributed by atoms with Crippen LogP contribution in [0.4, 0.5) is 0 Å². The van der Waals surface area contributed by atoms with Gasteiger partial charge in [-0.3, -0.25) is 9.59 Å². The van der Waals surface area contributed by atoms with Crippen LogP contribution in [0.2, 0.25) is 0 Å². The molecule has 0 heterocycles. The number of nitrogens with one attached hydrogen (secondary N) is 1. The number of carbonyl (C=O) groups excluding carboxylic acids is 2. The number of primary amides is 1. The molecule has 98 valence electrons. The van der Waals surface area contributed by atoms with Crippen LogP contribution in [0.5, 0.6) is 0 Å². The highest BCUT2D eigenvalue weighted by Gasteiger charge is 2.36. The van der Waals surface area contributed by atoms with Gasteiger partial charge in [-0.05, 0) is 31.4 Å². The van der Waals surface area contributed by atoms with Gasteiger partial charge >= 0.3 is 0 Å². The van der Waals surface area contributed by atoms with E-state index in [4.69, 9.17) is 5.73 Å². The van der Waals surface area contributed by atoms with Crippen molar-refractivity contribution in [3.05, 3.63) is 35.4 Å². The first-order valence-corrected chi connectivity index (χ1v) is 5.97. The zero-order valence-corrected chi connectivity index (χ0v) is 11.3. The average Bonchev–Trinajstić information content (AvgIpc) is 2.28. The van der Waals surface area contributed by atoms with Crippen molar-refractivity contribution < 1.29 is 9.59 Å². The third-order valence-corrected chi connectivity index (χ3v) is 3.43. The van der Waals surface area contributed by atoms with E-state index in [-0.39, 0.29) is 11.8 Å². The molecule has 1 aromatic rings. The fourth-order valence-electron chi connectivity index (χ4n) is 1.62. The van der Waals surface area contributed by atoms with Crippen LogP contribution in [0.3, 0.4) is 0 Å². The number of rotatable bonds is 4. The molecule has 1 rings (SSSR count). The molecule has 0 aromatic heterocycles. The highest BCUT2D eigenvalue weighted by atomic mass is 16.2. The van der Waals surface area contributed by atoms with E-state index in [1.165, 1.54) is 0 Å². The quantitative estimate of drug-likeness (QED) is 0.850. The lowest BCUT2D eigenvalue weighted by atomic mass is 9.87. The van der Waals surface area contributed by atoms with Crippen LogP contribution in [-0.4, -0.2) is 17.4 Å². The second-order valence-corrected chi connectivity index (χ2v) is 4.99. The Morgan fingerprint density at radius 1 is 1.28 bits per heavy atom. The van der Waals surface area contributed by atoms with Gasteiger partial charge in [0.2, 0.25) is 5.91 Å². The summed E-state index contributed by atoms with van der Waals surface area (Å²) in [4.78, 5) is 23.7. The van der Waals surface area contributed by atoms with Crippen molar-refractivity contribution in [1.82, 2.24) is 5.32 Å². The van der Waals surface area contributed by atoms with E-state index in [1.54, 1.807) is 19.1 Å². The number of nitrogens with two attached hydrogens (primary N) is 1. The number of aryl methyl sites for hydroxylation is 1. The molecule has 3 N–H and O–H groups in total. The van der Waals surface area contributed by atoms with Crippen molar-refractivity contribution >= 4 is 11.8 Å². The Morgan fingerprint density at radius 3 is 2.28 bits per heavy atom. The molecule has 4 nitrogen and oxygen atoms in total. The van der Waals surface area contributed by atoms with Crippen LogP contribution < -0.4 is 11.1 Å². The van der Waals surface area contributed by atoms with Crippen LogP contribution in [0, 0.1) is 12.8 Å². The number of hydrogen-bond acceptors (Lipinski definition) is 2. The minimum atomic E-state index is -1.04. The molecule has 0 radical (unpaired) electrons. The van der Waals surface area contributed by atoms with Crippen molar-refractivity contribution in [2.24, 2.45) is 11.7 Å². The summed E-state index contributed by atoms with van der Waals surface area (Å²) in [5, 5.41) is 2.74. The highest BCUT2D eigenvalue weighted by Crippen LogP contribution is 2.17. The molecule has 2 amide bonds. The van der Waals surface area contributed by atoms with E-state index in [0.29, 0.717) is 5.56 Å². The summed E-state index contributed by atoms with van der Waals surface area (Å²) in [5.41, 5.74) is 5.77. The zero-order chi connectivity index (χ0) is 13.9. The molecule has 0 aliphatic heterocycles. The van der Waals surface area contributed by atoms with Crippen LogP contribution in [0.15, 0.2) is 24.3 Å². The zero-order valence-electron chi connectivity index (χ0n) is 11.3. The molecule has 0 spiro atoms. The van der Waals surface area contributed by atoms with E-state index in [9.17, 15) is 9.59 Å². The van der Waals surface area contributed by atoms with Crippen LogP contribution in [0.25, 0.3) is 0 Å². The Labute approximate surface area is 108 Å². The summed E-state index contributed by atoms with van der Waals surface area (Å²) >= 11 is 0. The normalized spacial score (nSPS) is 14.1. The van der Waals surface area contributed by atoms with E-state index in [2.05, 4.69) is 5.32 Å². The summed E-state index contributed by atoms with van der Waals surface area (Å²) in [6, 6.07) is 7.24. The monoisotopic (exact) mass is 248 g/mol. The maximum Gasteiger partial charge on any atom is 0.252 e. The molecule has 0 aliphatic rings. The van der Waals surface area contributed by atoms with Crippen LogP contribution >= 0.6 is 0 Å². The Bertz CT molecular complexity index is 469. The van der Waals surface area contributed by atoms with Gasteiger partial charge in [0.1, 0.15) is 5.54 Å². The molecule has 1 atom stereocenters. The second kappa shape index (κ2) is 5.21. The van der Waals surface area contributed by atoms with Gasteiger partial charge in [-0.15, -0.1) is 0 Å². The van der Waals surface area contributed by atoms with Gasteiger partial charge in [0.25, 0.3) is 5.91 Å². The molecule has 0 bridgehead atoms. The molecular weight excluding hydrogens is 228 g/mol. The van der Waals surface area contributed by atoms with Crippen molar-refractivity contribution in [3.63, 3.8) is 0 Å². The van der Waals surface area contributed by atoms with Gasteiger partial charge < -0.3 is 11.1 Å². The average molecular weight is 248 g/mol. The van der Waals surface area contributed by atoms with Gasteiger partial charge in [-0.1, -0.05) is 32.0 Å². The lowest BCUT2D eigenvalue weighted by Crippen LogP contribution is -2.58. The predicted octanol–water partition coefficient (Wildman–Crippen LogP) is 1.62. The molecule has 0 unspecified atom stereocenters. The Hall–Kier alpha value is -1.84. The van der Waals surface area contributed by atoms with Gasteiger partial charge in [0.15, 0.2) is 0 Å². The molecule has 4 heteroatoms. The smallest absolute Gasteiger partial charge is 0.252 e. The van der Waals surface area contributed by atoms with Gasteiger partial charge in [-0.2, -0.15) is 0 Å². The van der Waals surface area contributed by atoms with E-state index >= 15 is 0 Å². The third-order valence-electron chi connectivity index (χ3n) is 3.43. The number of hydrogen-bond donors (Lipinski definition) is 2. The van der Waals surface area contributed by atoms with Crippen molar-refractivity contribution in [3.8, 4) is 0 Å². The van der Waals surface area contributed by atoms with Crippen molar-refractivity contribution in [2.75, 3.05) is 0 Å². The summed E-state index contributed by atoms with van der Waals surface area (Å²) in [6.45, 7) is 7.20.